The van der Waals surface area contributed by atoms with Crippen molar-refractivity contribution in [2.75, 3.05) is 20.8 Å². The molecule has 2 fully saturated rings. The second-order valence-electron chi connectivity index (χ2n) is 14.7. The largest absolute Gasteiger partial charge is 0.481 e. The first-order chi connectivity index (χ1) is 26.0. The van der Waals surface area contributed by atoms with Crippen LogP contribution in [0.15, 0.2) is 54.6 Å². The average molecular weight is 764 g/mol. The van der Waals surface area contributed by atoms with E-state index < -0.39 is 23.7 Å². The number of rotatable bonds is 14. The summed E-state index contributed by atoms with van der Waals surface area (Å²) in [5, 5.41) is 13.5. The minimum atomic E-state index is -4.68. The summed E-state index contributed by atoms with van der Waals surface area (Å²) in [5.74, 6) is 1.19. The van der Waals surface area contributed by atoms with Gasteiger partial charge < -0.3 is 24.6 Å². The third-order valence-corrected chi connectivity index (χ3v) is 11.5. The summed E-state index contributed by atoms with van der Waals surface area (Å²) in [6.07, 6.45) is 1.01. The van der Waals surface area contributed by atoms with Crippen molar-refractivity contribution < 1.29 is 37.3 Å². The summed E-state index contributed by atoms with van der Waals surface area (Å²) < 4.78 is 60.6. The highest BCUT2D eigenvalue weighted by Gasteiger charge is 2.39. The predicted molar refractivity (Wildman–Crippen MR) is 200 cm³/mol. The molecule has 0 unspecified atom stereocenters. The van der Waals surface area contributed by atoms with Crippen LogP contribution in [-0.2, 0) is 30.4 Å². The molecular weight excluding hydrogens is 719 g/mol. The lowest BCUT2D eigenvalue weighted by atomic mass is 9.79. The number of nitrogens with one attached hydrogen (secondary N) is 1. The van der Waals surface area contributed by atoms with E-state index in [-0.39, 0.29) is 12.0 Å². The molecule has 0 radical (unpaired) electrons. The van der Waals surface area contributed by atoms with Crippen LogP contribution in [0.2, 0.25) is 5.02 Å². The number of methoxy groups -OCH3 is 2. The van der Waals surface area contributed by atoms with Gasteiger partial charge in [0, 0.05) is 41.6 Å². The summed E-state index contributed by atoms with van der Waals surface area (Å²) in [4.78, 5) is 20.7. The second kappa shape index (κ2) is 16.3. The van der Waals surface area contributed by atoms with E-state index in [1.807, 2.05) is 48.5 Å². The molecule has 0 bridgehead atoms. The van der Waals surface area contributed by atoms with Crippen molar-refractivity contribution in [3.63, 3.8) is 0 Å². The Bertz CT molecular complexity index is 2000. The number of hydrogen-bond acceptors (Lipinski definition) is 8. The number of fused-ring (bicyclic) bond motifs is 1. The first kappa shape index (κ1) is 38.1. The molecule has 0 amide bonds. The monoisotopic (exact) mass is 763 g/mol. The van der Waals surface area contributed by atoms with Gasteiger partial charge in [0.1, 0.15) is 17.5 Å². The van der Waals surface area contributed by atoms with Crippen LogP contribution in [0.4, 0.5) is 13.2 Å². The second-order valence-corrected chi connectivity index (χ2v) is 15.1. The number of Topliss-reactive ketones (excluding diaryl/α,β-unsaturated/α-hetero) is 1. The minimum Gasteiger partial charge on any atom is -0.481 e. The van der Waals surface area contributed by atoms with Crippen LogP contribution < -0.4 is 19.5 Å². The average Bonchev–Trinajstić information content (AvgIpc) is 3.76. The molecule has 0 aliphatic heterocycles. The van der Waals surface area contributed by atoms with Gasteiger partial charge in [0.15, 0.2) is 0 Å². The molecule has 2 heterocycles. The Balaban J connectivity index is 1.10. The van der Waals surface area contributed by atoms with Crippen LogP contribution in [0.3, 0.4) is 0 Å². The Kier molecular flexibility index (Phi) is 11.5. The lowest BCUT2D eigenvalue weighted by Crippen LogP contribution is -2.28. The number of aliphatic hydroxyl groups is 1. The highest BCUT2D eigenvalue weighted by Crippen LogP contribution is 2.46. The molecule has 8 nitrogen and oxygen atoms in total. The molecule has 3 aliphatic carbocycles. The van der Waals surface area contributed by atoms with Crippen molar-refractivity contribution in [2.24, 2.45) is 11.8 Å². The number of benzene rings is 2. The van der Waals surface area contributed by atoms with Gasteiger partial charge in [-0.2, -0.15) is 18.2 Å². The summed E-state index contributed by atoms with van der Waals surface area (Å²) >= 11 is 7.13. The molecule has 54 heavy (non-hydrogen) atoms. The van der Waals surface area contributed by atoms with Crippen molar-refractivity contribution in [1.29, 1.82) is 0 Å². The molecule has 0 saturated heterocycles. The number of pyridine rings is 2. The van der Waals surface area contributed by atoms with E-state index in [1.165, 1.54) is 7.11 Å². The van der Waals surface area contributed by atoms with Crippen molar-refractivity contribution in [3.05, 3.63) is 87.4 Å². The molecule has 0 spiro atoms. The molecule has 2 atom stereocenters. The number of carbonyl (C=O) groups excluding carboxylic acids is 1. The highest BCUT2D eigenvalue weighted by atomic mass is 35.5. The summed E-state index contributed by atoms with van der Waals surface area (Å²) in [5.41, 5.74) is 5.11. The lowest BCUT2D eigenvalue weighted by molar-refractivity contribution is -0.139. The zero-order chi connectivity index (χ0) is 38.0. The topological polar surface area (TPSA) is 103 Å². The van der Waals surface area contributed by atoms with E-state index in [0.29, 0.717) is 84.8 Å². The molecule has 12 heteroatoms. The van der Waals surface area contributed by atoms with Crippen LogP contribution in [0.25, 0.3) is 22.4 Å². The smallest absolute Gasteiger partial charge is 0.421 e. The fourth-order valence-corrected chi connectivity index (χ4v) is 8.48. The van der Waals surface area contributed by atoms with E-state index in [9.17, 15) is 23.1 Å². The molecule has 2 aromatic carbocycles. The number of aryl methyl sites for hydroxylation is 1. The fraction of sp³-hybridized carbons (Fsp3) is 0.452. The minimum absolute atomic E-state index is 0.124. The summed E-state index contributed by atoms with van der Waals surface area (Å²) in [6, 6.07) is 16.4. The van der Waals surface area contributed by atoms with Gasteiger partial charge in [-0.05, 0) is 98.6 Å². The van der Waals surface area contributed by atoms with E-state index in [1.54, 1.807) is 7.11 Å². The van der Waals surface area contributed by atoms with Crippen LogP contribution in [0, 0.1) is 11.8 Å². The van der Waals surface area contributed by atoms with Crippen molar-refractivity contribution in [2.45, 2.75) is 89.1 Å². The maximum atomic E-state index is 14.5. The molecule has 2 aromatic heterocycles. The molecule has 3 aliphatic rings. The van der Waals surface area contributed by atoms with E-state index in [2.05, 4.69) is 10.3 Å². The van der Waals surface area contributed by atoms with Gasteiger partial charge in [-0.3, -0.25) is 4.79 Å². The lowest BCUT2D eigenvalue weighted by Gasteiger charge is -2.31. The highest BCUT2D eigenvalue weighted by molar-refractivity contribution is 6.36. The molecule has 2 N–H and O–H groups in total. The summed E-state index contributed by atoms with van der Waals surface area (Å²) in [6.45, 7) is 1.31. The van der Waals surface area contributed by atoms with Crippen LogP contribution in [0.1, 0.15) is 85.3 Å². The number of carbonyl (C=O) groups is 1. The van der Waals surface area contributed by atoms with Gasteiger partial charge in [-0.1, -0.05) is 54.1 Å². The number of aliphatic hydroxyl groups excluding tert-OH is 1. The molecule has 7 rings (SSSR count). The number of halogens is 4. The Morgan fingerprint density at radius 3 is 2.35 bits per heavy atom. The van der Waals surface area contributed by atoms with E-state index in [4.69, 9.17) is 30.8 Å². The number of hydrogen-bond donors (Lipinski definition) is 2. The van der Waals surface area contributed by atoms with Gasteiger partial charge in [0.05, 0.1) is 31.0 Å². The molecular formula is C42H45ClF3N3O5. The van der Waals surface area contributed by atoms with Crippen molar-refractivity contribution >= 4 is 17.4 Å². The first-order valence-corrected chi connectivity index (χ1v) is 19.1. The zero-order valence-corrected chi connectivity index (χ0v) is 31.2. The predicted octanol–water partition coefficient (Wildman–Crippen LogP) is 9.12. The number of ether oxygens (including phenoxy) is 3. The number of alkyl halides is 3. The first-order valence-electron chi connectivity index (χ1n) is 18.7. The SMILES string of the molecule is COc1nc(-c2cccc(-c3cccc4c3CC[C@@H]4Oc3nc(OC)c(CCCC4CC(O)C4)cc3C(F)(F)F)c2Cl)ccc1CNC[C@@H]1CCC(=O)C1. The quantitative estimate of drug-likeness (QED) is 0.131. The van der Waals surface area contributed by atoms with Gasteiger partial charge in [0.25, 0.3) is 0 Å². The van der Waals surface area contributed by atoms with Crippen molar-refractivity contribution in [3.8, 4) is 40.0 Å². The fourth-order valence-electron chi connectivity index (χ4n) is 8.16. The van der Waals surface area contributed by atoms with Crippen molar-refractivity contribution in [1.82, 2.24) is 15.3 Å². The third-order valence-electron chi connectivity index (χ3n) is 11.1. The van der Waals surface area contributed by atoms with E-state index >= 15 is 0 Å². The standard InChI is InChI=1S/C42H45ClF3N3O5/c1-52-39-26(7-3-6-24-18-29(51)19-24)21-35(42(44,45)46)41(49-39)54-37-17-15-31-30(8-4-9-32(31)37)33-10-5-11-34(38(33)43)36-16-13-27(40(48-36)53-2)23-47-22-25-12-14-28(50)20-25/h4-5,8-11,13,16,21,24-25,29,37,47,51H,3,6-7,12,14-15,17-20,22-23H2,1-2H3/t24?,25-,29?,37+/m1/s1. The van der Waals surface area contributed by atoms with Gasteiger partial charge >= 0.3 is 6.18 Å². The van der Waals surface area contributed by atoms with Crippen LogP contribution in [0.5, 0.6) is 17.6 Å². The van der Waals surface area contributed by atoms with Crippen LogP contribution >= 0.6 is 11.6 Å². The molecule has 2 saturated carbocycles. The number of ketones is 1. The molecule has 4 aromatic rings. The number of nitrogens with zero attached hydrogens (tertiary/aromatic N) is 2. The van der Waals surface area contributed by atoms with Crippen LogP contribution in [-0.4, -0.2) is 47.7 Å². The maximum Gasteiger partial charge on any atom is 0.421 e. The zero-order valence-electron chi connectivity index (χ0n) is 30.5. The van der Waals surface area contributed by atoms with E-state index in [0.717, 1.165) is 71.7 Å². The Morgan fingerprint density at radius 2 is 1.63 bits per heavy atom. The van der Waals surface area contributed by atoms with Gasteiger partial charge in [-0.25, -0.2) is 4.98 Å². The molecule has 286 valence electrons. The Hall–Kier alpha value is -4.19. The Morgan fingerprint density at radius 1 is 0.889 bits per heavy atom. The maximum absolute atomic E-state index is 14.5. The summed E-state index contributed by atoms with van der Waals surface area (Å²) in [7, 11) is 2.98. The number of aromatic nitrogens is 2. The third kappa shape index (κ3) is 8.23. The Labute approximate surface area is 318 Å². The normalized spacial score (nSPS) is 20.8. The van der Waals surface area contributed by atoms with Gasteiger partial charge in [0.2, 0.25) is 17.6 Å². The van der Waals surface area contributed by atoms with Gasteiger partial charge in [-0.15, -0.1) is 0 Å².